The quantitative estimate of drug-likeness (QED) is 0.202. The minimum atomic E-state index is -0.937. The van der Waals surface area contributed by atoms with Gasteiger partial charge < -0.3 is 28.7 Å². The van der Waals surface area contributed by atoms with Gasteiger partial charge in [0.15, 0.2) is 11.5 Å². The number of nitrogens with zero attached hydrogens (tertiary/aromatic N) is 1. The van der Waals surface area contributed by atoms with Crippen molar-refractivity contribution in [2.75, 3.05) is 33.3 Å². The monoisotopic (exact) mass is 502 g/mol. The van der Waals surface area contributed by atoms with Gasteiger partial charge in [0.2, 0.25) is 0 Å². The Morgan fingerprint density at radius 3 is 2.24 bits per heavy atom. The molecule has 0 saturated carbocycles. The van der Waals surface area contributed by atoms with Gasteiger partial charge in [-0.2, -0.15) is 0 Å². The summed E-state index contributed by atoms with van der Waals surface area (Å²) in [5, 5.41) is 2.55. The van der Waals surface area contributed by atoms with E-state index in [-0.39, 0.29) is 28.4 Å². The molecular weight excluding hydrogens is 476 g/mol. The van der Waals surface area contributed by atoms with Crippen LogP contribution in [-0.2, 0) is 9.53 Å². The minimum Gasteiger partial charge on any atom is -0.494 e. The SMILES string of the molecule is CCOc1ccc(-c2cc3ccccn3c2C(=O)C(=O)Nc2cc(OC)c(OC)cc2C(=O)OC)cc1. The Hall–Kier alpha value is -4.79. The Bertz CT molecular complexity index is 1470. The van der Waals surface area contributed by atoms with Crippen LogP contribution in [0.2, 0.25) is 0 Å². The Balaban J connectivity index is 1.76. The molecule has 190 valence electrons. The molecule has 0 radical (unpaired) electrons. The van der Waals surface area contributed by atoms with Gasteiger partial charge in [0.25, 0.3) is 11.7 Å². The van der Waals surface area contributed by atoms with E-state index in [1.807, 2.05) is 49.4 Å². The number of carbonyl (C=O) groups excluding carboxylic acids is 3. The van der Waals surface area contributed by atoms with Gasteiger partial charge in [0.05, 0.1) is 39.2 Å². The van der Waals surface area contributed by atoms with Gasteiger partial charge in [-0.15, -0.1) is 0 Å². The van der Waals surface area contributed by atoms with E-state index in [2.05, 4.69) is 5.32 Å². The maximum absolute atomic E-state index is 13.6. The topological polar surface area (TPSA) is 105 Å². The minimum absolute atomic E-state index is 0.00746. The average molecular weight is 503 g/mol. The van der Waals surface area contributed by atoms with Crippen LogP contribution < -0.4 is 19.5 Å². The molecule has 1 amide bonds. The highest BCUT2D eigenvalue weighted by atomic mass is 16.5. The average Bonchev–Trinajstić information content (AvgIpc) is 3.32. The zero-order chi connectivity index (χ0) is 26.5. The highest BCUT2D eigenvalue weighted by Gasteiger charge is 2.27. The molecule has 0 aliphatic carbocycles. The van der Waals surface area contributed by atoms with Gasteiger partial charge in [0.1, 0.15) is 11.4 Å². The number of carbonyl (C=O) groups is 3. The summed E-state index contributed by atoms with van der Waals surface area (Å²) in [5.74, 6) is -1.21. The zero-order valence-corrected chi connectivity index (χ0v) is 20.9. The van der Waals surface area contributed by atoms with Gasteiger partial charge >= 0.3 is 5.97 Å². The smallest absolute Gasteiger partial charge is 0.340 e. The molecule has 4 rings (SSSR count). The zero-order valence-electron chi connectivity index (χ0n) is 20.9. The molecule has 0 aliphatic rings. The van der Waals surface area contributed by atoms with Crippen molar-refractivity contribution in [3.05, 3.63) is 78.1 Å². The predicted molar refractivity (Wildman–Crippen MR) is 138 cm³/mol. The van der Waals surface area contributed by atoms with Crippen molar-refractivity contribution in [1.29, 1.82) is 0 Å². The first kappa shape index (κ1) is 25.3. The van der Waals surface area contributed by atoms with E-state index in [1.165, 1.54) is 33.5 Å². The summed E-state index contributed by atoms with van der Waals surface area (Å²) in [6.45, 7) is 2.43. The van der Waals surface area contributed by atoms with Crippen LogP contribution in [0.4, 0.5) is 5.69 Å². The van der Waals surface area contributed by atoms with Crippen molar-refractivity contribution in [3.8, 4) is 28.4 Å². The second-order valence-corrected chi connectivity index (χ2v) is 7.89. The summed E-state index contributed by atoms with van der Waals surface area (Å²) in [6, 6.07) is 17.4. The van der Waals surface area contributed by atoms with Crippen LogP contribution in [0.5, 0.6) is 17.2 Å². The summed E-state index contributed by atoms with van der Waals surface area (Å²) < 4.78 is 22.6. The van der Waals surface area contributed by atoms with Crippen LogP contribution in [0, 0.1) is 0 Å². The lowest BCUT2D eigenvalue weighted by Crippen LogP contribution is -2.26. The first-order valence-corrected chi connectivity index (χ1v) is 11.4. The van der Waals surface area contributed by atoms with Gasteiger partial charge in [0, 0.05) is 29.4 Å². The van der Waals surface area contributed by atoms with E-state index in [1.54, 1.807) is 16.7 Å². The molecule has 0 atom stereocenters. The summed E-state index contributed by atoms with van der Waals surface area (Å²) in [4.78, 5) is 39.3. The predicted octanol–water partition coefficient (Wildman–Crippen LogP) is 4.63. The molecule has 37 heavy (non-hydrogen) atoms. The molecular formula is C28H26N2O7. The molecule has 9 heteroatoms. The fourth-order valence-electron chi connectivity index (χ4n) is 4.02. The van der Waals surface area contributed by atoms with Crippen molar-refractivity contribution in [2.45, 2.75) is 6.92 Å². The number of nitrogens with one attached hydrogen (secondary N) is 1. The van der Waals surface area contributed by atoms with Crippen LogP contribution in [-0.4, -0.2) is 50.0 Å². The number of pyridine rings is 1. The van der Waals surface area contributed by atoms with E-state index in [4.69, 9.17) is 18.9 Å². The molecule has 2 aromatic heterocycles. The lowest BCUT2D eigenvalue weighted by Gasteiger charge is -2.14. The number of ether oxygens (including phenoxy) is 4. The number of anilines is 1. The molecule has 0 saturated heterocycles. The van der Waals surface area contributed by atoms with Crippen molar-refractivity contribution < 1.29 is 33.3 Å². The van der Waals surface area contributed by atoms with Crippen LogP contribution in [0.25, 0.3) is 16.6 Å². The van der Waals surface area contributed by atoms with Gasteiger partial charge in [-0.1, -0.05) is 18.2 Å². The van der Waals surface area contributed by atoms with Crippen molar-refractivity contribution in [1.82, 2.24) is 4.40 Å². The number of esters is 1. The van der Waals surface area contributed by atoms with E-state index in [0.717, 1.165) is 11.1 Å². The highest BCUT2D eigenvalue weighted by molar-refractivity contribution is 6.47. The number of rotatable bonds is 9. The molecule has 0 bridgehead atoms. The summed E-state index contributed by atoms with van der Waals surface area (Å²) in [7, 11) is 4.05. The van der Waals surface area contributed by atoms with Gasteiger partial charge in [-0.05, 0) is 42.8 Å². The van der Waals surface area contributed by atoms with Crippen molar-refractivity contribution >= 4 is 28.9 Å². The maximum atomic E-state index is 13.6. The fraction of sp³-hybridized carbons (Fsp3) is 0.179. The lowest BCUT2D eigenvalue weighted by molar-refractivity contribution is -0.112. The molecule has 0 aliphatic heterocycles. The Labute approximate surface area is 213 Å². The second kappa shape index (κ2) is 10.9. The third kappa shape index (κ3) is 4.97. The first-order chi connectivity index (χ1) is 17.9. The molecule has 2 heterocycles. The molecule has 9 nitrogen and oxygen atoms in total. The number of hydrogen-bond acceptors (Lipinski definition) is 7. The third-order valence-corrected chi connectivity index (χ3v) is 5.75. The van der Waals surface area contributed by atoms with Crippen molar-refractivity contribution in [2.24, 2.45) is 0 Å². The van der Waals surface area contributed by atoms with Crippen LogP contribution in [0.3, 0.4) is 0 Å². The Kier molecular flexibility index (Phi) is 7.43. The molecule has 4 aromatic rings. The number of methoxy groups -OCH3 is 3. The second-order valence-electron chi connectivity index (χ2n) is 7.89. The summed E-state index contributed by atoms with van der Waals surface area (Å²) >= 11 is 0. The summed E-state index contributed by atoms with van der Waals surface area (Å²) in [6.07, 6.45) is 1.71. The largest absolute Gasteiger partial charge is 0.494 e. The van der Waals surface area contributed by atoms with E-state index >= 15 is 0 Å². The highest BCUT2D eigenvalue weighted by Crippen LogP contribution is 2.34. The number of fused-ring (bicyclic) bond motifs is 1. The van der Waals surface area contributed by atoms with Crippen LogP contribution in [0.15, 0.2) is 66.9 Å². The van der Waals surface area contributed by atoms with E-state index in [0.29, 0.717) is 17.9 Å². The van der Waals surface area contributed by atoms with Crippen LogP contribution >= 0.6 is 0 Å². The summed E-state index contributed by atoms with van der Waals surface area (Å²) in [5.41, 5.74) is 2.29. The van der Waals surface area contributed by atoms with Gasteiger partial charge in [-0.25, -0.2) is 4.79 Å². The van der Waals surface area contributed by atoms with Crippen LogP contribution in [0.1, 0.15) is 27.8 Å². The maximum Gasteiger partial charge on any atom is 0.340 e. The number of aromatic nitrogens is 1. The number of benzene rings is 2. The first-order valence-electron chi connectivity index (χ1n) is 11.4. The van der Waals surface area contributed by atoms with Crippen molar-refractivity contribution in [3.63, 3.8) is 0 Å². The molecule has 0 unspecified atom stereocenters. The fourth-order valence-corrected chi connectivity index (χ4v) is 4.02. The Morgan fingerprint density at radius 1 is 0.892 bits per heavy atom. The number of amides is 1. The number of ketones is 1. The number of hydrogen-bond donors (Lipinski definition) is 1. The standard InChI is InChI=1S/C28H26N2O7/c1-5-37-19-11-9-17(10-12-19)20-14-18-8-6-7-13-30(18)25(20)26(31)27(32)29-22-16-24(35-3)23(34-2)15-21(22)28(33)36-4/h6-16H,5H2,1-4H3,(H,29,32). The van der Waals surface area contributed by atoms with E-state index < -0.39 is 17.7 Å². The lowest BCUT2D eigenvalue weighted by atomic mass is 10.0. The molecule has 2 aromatic carbocycles. The molecule has 0 fully saturated rings. The molecule has 0 spiro atoms. The van der Waals surface area contributed by atoms with Gasteiger partial charge in [-0.3, -0.25) is 9.59 Å². The number of Topliss-reactive ketones (excluding diaryl/α,β-unsaturated/α-hetero) is 1. The van der Waals surface area contributed by atoms with E-state index in [9.17, 15) is 14.4 Å². The normalized spacial score (nSPS) is 10.6. The Morgan fingerprint density at radius 2 is 1.59 bits per heavy atom. The third-order valence-electron chi connectivity index (χ3n) is 5.75. The molecule has 1 N–H and O–H groups in total.